The molecule has 26 heavy (non-hydrogen) atoms. The number of hydrogen-bond donors (Lipinski definition) is 2. The number of amides is 1. The van der Waals surface area contributed by atoms with E-state index in [0.29, 0.717) is 24.7 Å². The third-order valence-electron chi connectivity index (χ3n) is 3.90. The van der Waals surface area contributed by atoms with Gasteiger partial charge in [0.15, 0.2) is 0 Å². The summed E-state index contributed by atoms with van der Waals surface area (Å²) >= 11 is 0. The van der Waals surface area contributed by atoms with Crippen LogP contribution >= 0.6 is 0 Å². The number of carbonyl (C=O) groups excluding carboxylic acids is 1. The van der Waals surface area contributed by atoms with Crippen molar-refractivity contribution in [3.63, 3.8) is 0 Å². The SMILES string of the molecule is O=C(CN1CCOCC1)N/N=C\c1ccc(-c2ccc(C(=O)O)cc2)o1. The summed E-state index contributed by atoms with van der Waals surface area (Å²) in [5.41, 5.74) is 3.44. The molecule has 1 amide bonds. The highest BCUT2D eigenvalue weighted by Crippen LogP contribution is 2.22. The van der Waals surface area contributed by atoms with E-state index in [4.69, 9.17) is 14.3 Å². The largest absolute Gasteiger partial charge is 0.478 e. The molecule has 3 rings (SSSR count). The average Bonchev–Trinajstić information content (AvgIpc) is 3.11. The second kappa shape index (κ2) is 8.41. The Hall–Kier alpha value is -2.97. The van der Waals surface area contributed by atoms with Gasteiger partial charge in [0.25, 0.3) is 5.91 Å². The van der Waals surface area contributed by atoms with E-state index < -0.39 is 5.97 Å². The predicted molar refractivity (Wildman–Crippen MR) is 94.1 cm³/mol. The van der Waals surface area contributed by atoms with Crippen LogP contribution in [0.15, 0.2) is 45.9 Å². The Morgan fingerprint density at radius 2 is 1.88 bits per heavy atom. The van der Waals surface area contributed by atoms with E-state index in [9.17, 15) is 9.59 Å². The third kappa shape index (κ3) is 4.78. The monoisotopic (exact) mass is 357 g/mol. The van der Waals surface area contributed by atoms with E-state index >= 15 is 0 Å². The van der Waals surface area contributed by atoms with Gasteiger partial charge in [-0.2, -0.15) is 5.10 Å². The van der Waals surface area contributed by atoms with Crippen molar-refractivity contribution in [1.29, 1.82) is 0 Å². The van der Waals surface area contributed by atoms with E-state index in [2.05, 4.69) is 10.5 Å². The highest BCUT2D eigenvalue weighted by atomic mass is 16.5. The van der Waals surface area contributed by atoms with Crippen LogP contribution in [-0.2, 0) is 9.53 Å². The van der Waals surface area contributed by atoms with Gasteiger partial charge >= 0.3 is 5.97 Å². The number of furan rings is 1. The molecule has 0 aliphatic carbocycles. The zero-order valence-electron chi connectivity index (χ0n) is 14.1. The van der Waals surface area contributed by atoms with Crippen LogP contribution in [0.4, 0.5) is 0 Å². The number of carboxylic acids is 1. The lowest BCUT2D eigenvalue weighted by molar-refractivity contribution is -0.123. The highest BCUT2D eigenvalue weighted by molar-refractivity contribution is 5.88. The number of nitrogens with zero attached hydrogens (tertiary/aromatic N) is 2. The number of carbonyl (C=O) groups is 2. The first-order chi connectivity index (χ1) is 12.6. The number of ether oxygens (including phenoxy) is 1. The maximum atomic E-state index is 11.8. The number of hydrogen-bond acceptors (Lipinski definition) is 6. The molecule has 0 spiro atoms. The van der Waals surface area contributed by atoms with E-state index in [-0.39, 0.29) is 18.0 Å². The quantitative estimate of drug-likeness (QED) is 0.599. The van der Waals surface area contributed by atoms with Gasteiger partial charge < -0.3 is 14.3 Å². The Balaban J connectivity index is 1.53. The number of benzene rings is 1. The van der Waals surface area contributed by atoms with E-state index in [1.807, 2.05) is 4.90 Å². The first-order valence-electron chi connectivity index (χ1n) is 8.17. The Labute approximate surface area is 150 Å². The van der Waals surface area contributed by atoms with Gasteiger partial charge in [0.05, 0.1) is 31.5 Å². The van der Waals surface area contributed by atoms with Crippen molar-refractivity contribution in [1.82, 2.24) is 10.3 Å². The van der Waals surface area contributed by atoms with Crippen LogP contribution in [0.3, 0.4) is 0 Å². The number of carboxylic acid groups (broad SMARTS) is 1. The average molecular weight is 357 g/mol. The van der Waals surface area contributed by atoms with Gasteiger partial charge in [-0.25, -0.2) is 10.2 Å². The van der Waals surface area contributed by atoms with Gasteiger partial charge in [-0.15, -0.1) is 0 Å². The summed E-state index contributed by atoms with van der Waals surface area (Å²) in [6, 6.07) is 9.85. The van der Waals surface area contributed by atoms with Crippen LogP contribution in [0.5, 0.6) is 0 Å². The van der Waals surface area contributed by atoms with Crippen molar-refractivity contribution in [2.24, 2.45) is 5.10 Å². The summed E-state index contributed by atoms with van der Waals surface area (Å²) in [5.74, 6) is -0.104. The fourth-order valence-electron chi connectivity index (χ4n) is 2.52. The normalized spacial score (nSPS) is 15.2. The van der Waals surface area contributed by atoms with Gasteiger partial charge in [0.2, 0.25) is 0 Å². The third-order valence-corrected chi connectivity index (χ3v) is 3.90. The molecule has 0 radical (unpaired) electrons. The molecule has 1 fully saturated rings. The van der Waals surface area contributed by atoms with Gasteiger partial charge in [0, 0.05) is 18.7 Å². The first kappa shape index (κ1) is 17.8. The summed E-state index contributed by atoms with van der Waals surface area (Å²) in [5, 5.41) is 12.8. The molecule has 1 aromatic carbocycles. The van der Waals surface area contributed by atoms with Crippen molar-refractivity contribution >= 4 is 18.1 Å². The van der Waals surface area contributed by atoms with E-state index in [1.165, 1.54) is 18.3 Å². The summed E-state index contributed by atoms with van der Waals surface area (Å²) < 4.78 is 10.9. The smallest absolute Gasteiger partial charge is 0.335 e. The fourth-order valence-corrected chi connectivity index (χ4v) is 2.52. The molecule has 0 atom stereocenters. The molecule has 1 aromatic heterocycles. The van der Waals surface area contributed by atoms with Crippen molar-refractivity contribution in [2.75, 3.05) is 32.8 Å². The van der Waals surface area contributed by atoms with Crippen molar-refractivity contribution in [3.8, 4) is 11.3 Å². The van der Waals surface area contributed by atoms with Crippen LogP contribution in [0, 0.1) is 0 Å². The molecule has 0 saturated carbocycles. The van der Waals surface area contributed by atoms with Crippen molar-refractivity contribution in [2.45, 2.75) is 0 Å². The molecule has 0 unspecified atom stereocenters. The molecular formula is C18H19N3O5. The standard InChI is InChI=1S/C18H19N3O5/c22-17(12-21-7-9-25-10-8-21)20-19-11-15-5-6-16(26-15)13-1-3-14(4-2-13)18(23)24/h1-6,11H,7-10,12H2,(H,20,22)(H,23,24)/b19-11-. The Morgan fingerprint density at radius 3 is 2.58 bits per heavy atom. The minimum absolute atomic E-state index is 0.195. The van der Waals surface area contributed by atoms with Crippen LogP contribution in [0.1, 0.15) is 16.1 Å². The lowest BCUT2D eigenvalue weighted by atomic mass is 10.1. The van der Waals surface area contributed by atoms with E-state index in [0.717, 1.165) is 18.7 Å². The highest BCUT2D eigenvalue weighted by Gasteiger charge is 2.13. The molecule has 2 N–H and O–H groups in total. The lowest BCUT2D eigenvalue weighted by Gasteiger charge is -2.25. The van der Waals surface area contributed by atoms with Crippen molar-refractivity contribution in [3.05, 3.63) is 47.7 Å². The van der Waals surface area contributed by atoms with Crippen molar-refractivity contribution < 1.29 is 23.8 Å². The molecule has 8 nitrogen and oxygen atoms in total. The second-order valence-corrected chi connectivity index (χ2v) is 5.77. The zero-order valence-corrected chi connectivity index (χ0v) is 14.1. The van der Waals surface area contributed by atoms with Gasteiger partial charge in [0.1, 0.15) is 11.5 Å². The van der Waals surface area contributed by atoms with Crippen LogP contribution in [0.2, 0.25) is 0 Å². The molecule has 2 heterocycles. The van der Waals surface area contributed by atoms with Gasteiger partial charge in [-0.1, -0.05) is 12.1 Å². The maximum Gasteiger partial charge on any atom is 0.335 e. The predicted octanol–water partition coefficient (Wildman–Crippen LogP) is 1.43. The summed E-state index contributed by atoms with van der Waals surface area (Å²) in [6.07, 6.45) is 1.42. The lowest BCUT2D eigenvalue weighted by Crippen LogP contribution is -2.42. The number of nitrogens with one attached hydrogen (secondary N) is 1. The van der Waals surface area contributed by atoms with Crippen LogP contribution in [0.25, 0.3) is 11.3 Å². The minimum atomic E-state index is -0.975. The van der Waals surface area contributed by atoms with E-state index in [1.54, 1.807) is 24.3 Å². The molecule has 136 valence electrons. The molecule has 0 bridgehead atoms. The molecule has 1 aliphatic heterocycles. The molecule has 8 heteroatoms. The maximum absolute atomic E-state index is 11.8. The summed E-state index contributed by atoms with van der Waals surface area (Å²) in [6.45, 7) is 3.02. The number of rotatable bonds is 6. The number of morpholine rings is 1. The fraction of sp³-hybridized carbons (Fsp3) is 0.278. The summed E-state index contributed by atoms with van der Waals surface area (Å²) in [7, 11) is 0. The number of hydrazone groups is 1. The molecular weight excluding hydrogens is 338 g/mol. The second-order valence-electron chi connectivity index (χ2n) is 5.77. The van der Waals surface area contributed by atoms with Gasteiger partial charge in [-0.3, -0.25) is 9.69 Å². The first-order valence-corrected chi connectivity index (χ1v) is 8.17. The van der Waals surface area contributed by atoms with Crippen LogP contribution < -0.4 is 5.43 Å². The molecule has 1 saturated heterocycles. The Morgan fingerprint density at radius 1 is 1.15 bits per heavy atom. The number of aromatic carboxylic acids is 1. The Bertz CT molecular complexity index is 791. The molecule has 1 aliphatic rings. The topological polar surface area (TPSA) is 104 Å². The van der Waals surface area contributed by atoms with Gasteiger partial charge in [-0.05, 0) is 24.3 Å². The van der Waals surface area contributed by atoms with Crippen LogP contribution in [-0.4, -0.2) is 60.9 Å². The minimum Gasteiger partial charge on any atom is -0.478 e. The Kier molecular flexibility index (Phi) is 5.77. The molecule has 2 aromatic rings. The zero-order chi connectivity index (χ0) is 18.4. The summed E-state index contributed by atoms with van der Waals surface area (Å²) in [4.78, 5) is 24.7.